The summed E-state index contributed by atoms with van der Waals surface area (Å²) in [6, 6.07) is 1.41. The maximum absolute atomic E-state index is 11.8. The maximum Gasteiger partial charge on any atom is 0.490 e. The molecule has 12 heteroatoms. The molecule has 0 aliphatic heterocycles. The molecule has 11 nitrogen and oxygen atoms in total. The Bertz CT molecular complexity index is 730. The summed E-state index contributed by atoms with van der Waals surface area (Å²) in [7, 11) is 1.60. The van der Waals surface area contributed by atoms with Crippen molar-refractivity contribution in [3.05, 3.63) is 33.4 Å². The highest BCUT2D eigenvalue weighted by Crippen LogP contribution is 2.08. The fourth-order valence-electron chi connectivity index (χ4n) is 1.47. The molecule has 0 aromatic carbocycles. The minimum Gasteiger partial charge on any atom is -0.390 e. The second-order valence-corrected chi connectivity index (χ2v) is 4.65. The lowest BCUT2D eigenvalue weighted by Gasteiger charge is -1.99. The van der Waals surface area contributed by atoms with Crippen molar-refractivity contribution in [3.8, 4) is 0 Å². The van der Waals surface area contributed by atoms with Gasteiger partial charge in [-0.2, -0.15) is 14.9 Å². The first-order valence-electron chi connectivity index (χ1n) is 5.93. The molecule has 22 heavy (non-hydrogen) atoms. The quantitative estimate of drug-likeness (QED) is 0.479. The van der Waals surface area contributed by atoms with E-state index in [4.69, 9.17) is 11.6 Å². The fourth-order valence-corrected chi connectivity index (χ4v) is 1.61. The van der Waals surface area contributed by atoms with Crippen molar-refractivity contribution in [1.82, 2.24) is 30.0 Å². The molecule has 2 aromatic heterocycles. The number of aryl methyl sites for hydroxylation is 1. The molecule has 2 heterocycles. The van der Waals surface area contributed by atoms with E-state index in [1.54, 1.807) is 14.0 Å². The summed E-state index contributed by atoms with van der Waals surface area (Å²) in [5.74, 6) is -1.02. The number of amides is 1. The van der Waals surface area contributed by atoms with E-state index in [1.165, 1.54) is 21.8 Å². The molecule has 0 bridgehead atoms. The van der Waals surface area contributed by atoms with Gasteiger partial charge in [-0.3, -0.25) is 9.48 Å². The minimum absolute atomic E-state index is 0.125. The fraction of sp³-hybridized carbons (Fsp3) is 0.300. The number of nitrogens with one attached hydrogen (secondary N) is 1. The number of hydrogen-bond donors (Lipinski definition) is 1. The number of hydrazone groups is 1. The molecule has 0 radical (unpaired) electrons. The summed E-state index contributed by atoms with van der Waals surface area (Å²) in [5.41, 5.74) is 2.90. The number of rotatable bonds is 5. The Hall–Kier alpha value is -2.82. The summed E-state index contributed by atoms with van der Waals surface area (Å²) in [6.45, 7) is 1.77. The molecule has 1 amide bonds. The Morgan fingerprint density at radius 2 is 2.27 bits per heavy atom. The number of nitro groups is 1. The van der Waals surface area contributed by atoms with Crippen molar-refractivity contribution in [2.75, 3.05) is 0 Å². The number of hydrogen-bond acceptors (Lipinski definition) is 7. The number of carbonyl (C=O) groups is 1. The topological polar surface area (TPSA) is 133 Å². The number of carbonyl (C=O) groups excluding carboxylic acids is 1. The van der Waals surface area contributed by atoms with Gasteiger partial charge < -0.3 is 10.1 Å². The third kappa shape index (κ3) is 3.63. The number of aromatic nitrogens is 5. The van der Waals surface area contributed by atoms with Crippen molar-refractivity contribution < 1.29 is 9.72 Å². The van der Waals surface area contributed by atoms with Gasteiger partial charge in [0, 0.05) is 18.2 Å². The van der Waals surface area contributed by atoms with Crippen molar-refractivity contribution in [1.29, 1.82) is 0 Å². The van der Waals surface area contributed by atoms with Gasteiger partial charge >= 0.3 is 5.95 Å². The molecule has 1 N–H and O–H groups in total. The number of nitrogens with zero attached hydrogens (tertiary/aromatic N) is 7. The Morgan fingerprint density at radius 1 is 1.55 bits per heavy atom. The van der Waals surface area contributed by atoms with Crippen LogP contribution in [0.3, 0.4) is 0 Å². The van der Waals surface area contributed by atoms with Crippen molar-refractivity contribution in [3.63, 3.8) is 0 Å². The van der Waals surface area contributed by atoms with Crippen molar-refractivity contribution in [2.24, 2.45) is 12.1 Å². The van der Waals surface area contributed by atoms with E-state index in [1.807, 2.05) is 0 Å². The van der Waals surface area contributed by atoms with E-state index in [2.05, 4.69) is 25.7 Å². The standard InChI is InChI=1S/C10H11ClN8O3/c1-6(4-18-5-12-10(16-18)19(21)22)13-14-9(20)7-3-8(11)17(2)15-7/h3,5H,4H2,1-2H3,(H,14,20). The lowest BCUT2D eigenvalue weighted by atomic mass is 10.4. The first-order chi connectivity index (χ1) is 10.4. The SMILES string of the molecule is CC(Cn1cnc([N+](=O)[O-])n1)=NNC(=O)c1cc(Cl)n(C)n1. The zero-order valence-corrected chi connectivity index (χ0v) is 12.4. The average Bonchev–Trinajstić information content (AvgIpc) is 3.04. The molecular formula is C10H11ClN8O3. The zero-order valence-electron chi connectivity index (χ0n) is 11.6. The smallest absolute Gasteiger partial charge is 0.390 e. The van der Waals surface area contributed by atoms with Gasteiger partial charge in [0.25, 0.3) is 5.91 Å². The van der Waals surface area contributed by atoms with E-state index in [9.17, 15) is 14.9 Å². The van der Waals surface area contributed by atoms with E-state index in [-0.39, 0.29) is 12.2 Å². The highest BCUT2D eigenvalue weighted by molar-refractivity contribution is 6.29. The van der Waals surface area contributed by atoms with Gasteiger partial charge in [0.05, 0.1) is 12.3 Å². The molecule has 0 saturated heterocycles. The van der Waals surface area contributed by atoms with Crippen LogP contribution >= 0.6 is 11.6 Å². The van der Waals surface area contributed by atoms with E-state index < -0.39 is 16.8 Å². The largest absolute Gasteiger partial charge is 0.490 e. The van der Waals surface area contributed by atoms with Gasteiger partial charge in [-0.15, -0.1) is 0 Å². The van der Waals surface area contributed by atoms with Crippen LogP contribution in [-0.2, 0) is 13.6 Å². The maximum atomic E-state index is 11.8. The summed E-state index contributed by atoms with van der Waals surface area (Å²) in [5, 5.41) is 22.2. The summed E-state index contributed by atoms with van der Waals surface area (Å²) < 4.78 is 2.59. The van der Waals surface area contributed by atoms with Gasteiger partial charge in [-0.1, -0.05) is 16.6 Å². The number of halogens is 1. The highest BCUT2D eigenvalue weighted by Gasteiger charge is 2.14. The van der Waals surface area contributed by atoms with Crippen LogP contribution in [0.1, 0.15) is 17.4 Å². The lowest BCUT2D eigenvalue weighted by Crippen LogP contribution is -2.21. The Morgan fingerprint density at radius 3 is 2.82 bits per heavy atom. The molecule has 0 saturated carbocycles. The lowest BCUT2D eigenvalue weighted by molar-refractivity contribution is -0.394. The molecule has 0 atom stereocenters. The Labute approximate surface area is 128 Å². The predicted molar refractivity (Wildman–Crippen MR) is 75.5 cm³/mol. The second-order valence-electron chi connectivity index (χ2n) is 4.26. The third-order valence-corrected chi connectivity index (χ3v) is 2.84. The molecule has 2 aromatic rings. The molecule has 116 valence electrons. The molecular weight excluding hydrogens is 316 g/mol. The Kier molecular flexibility index (Phi) is 4.46. The molecule has 0 spiro atoms. The van der Waals surface area contributed by atoms with Gasteiger partial charge in [-0.25, -0.2) is 5.43 Å². The van der Waals surface area contributed by atoms with E-state index in [0.717, 1.165) is 0 Å². The molecule has 0 fully saturated rings. The first kappa shape index (κ1) is 15.6. The Balaban J connectivity index is 1.97. The van der Waals surface area contributed by atoms with Crippen molar-refractivity contribution >= 4 is 29.2 Å². The third-order valence-electron chi connectivity index (χ3n) is 2.48. The van der Waals surface area contributed by atoms with Crippen LogP contribution in [-0.4, -0.2) is 41.1 Å². The van der Waals surface area contributed by atoms with Crippen LogP contribution < -0.4 is 5.43 Å². The van der Waals surface area contributed by atoms with Crippen LogP contribution in [0, 0.1) is 10.1 Å². The molecule has 0 aliphatic rings. The van der Waals surface area contributed by atoms with Gasteiger partial charge in [0.1, 0.15) is 5.15 Å². The predicted octanol–water partition coefficient (Wildman–Crippen LogP) is 0.379. The van der Waals surface area contributed by atoms with Gasteiger partial charge in [-0.05, 0) is 11.8 Å². The van der Waals surface area contributed by atoms with Crippen LogP contribution in [0.15, 0.2) is 17.5 Å². The normalized spacial score (nSPS) is 11.5. The van der Waals surface area contributed by atoms with Crippen LogP contribution in [0.2, 0.25) is 5.15 Å². The molecule has 2 rings (SSSR count). The first-order valence-corrected chi connectivity index (χ1v) is 6.31. The average molecular weight is 327 g/mol. The van der Waals surface area contributed by atoms with E-state index in [0.29, 0.717) is 10.9 Å². The summed E-state index contributed by atoms with van der Waals surface area (Å²) in [6.07, 6.45) is 1.21. The second kappa shape index (κ2) is 6.30. The van der Waals surface area contributed by atoms with Crippen LogP contribution in [0.25, 0.3) is 0 Å². The molecule has 0 aliphatic carbocycles. The zero-order chi connectivity index (χ0) is 16.3. The minimum atomic E-state index is -0.699. The van der Waals surface area contributed by atoms with Gasteiger partial charge in [0.2, 0.25) is 6.33 Å². The van der Waals surface area contributed by atoms with Gasteiger partial charge in [0.15, 0.2) is 5.69 Å². The van der Waals surface area contributed by atoms with Crippen LogP contribution in [0.4, 0.5) is 5.95 Å². The van der Waals surface area contributed by atoms with E-state index >= 15 is 0 Å². The van der Waals surface area contributed by atoms with Crippen LogP contribution in [0.5, 0.6) is 0 Å². The van der Waals surface area contributed by atoms with Crippen molar-refractivity contribution in [2.45, 2.75) is 13.5 Å². The molecule has 0 unspecified atom stereocenters. The highest BCUT2D eigenvalue weighted by atomic mass is 35.5. The summed E-state index contributed by atoms with van der Waals surface area (Å²) >= 11 is 5.78. The summed E-state index contributed by atoms with van der Waals surface area (Å²) in [4.78, 5) is 25.1. The monoisotopic (exact) mass is 326 g/mol.